The fourth-order valence-electron chi connectivity index (χ4n) is 3.36. The first-order chi connectivity index (χ1) is 13.1. The second-order valence-electron chi connectivity index (χ2n) is 6.66. The van der Waals surface area contributed by atoms with Gasteiger partial charge in [0.05, 0.1) is 10.9 Å². The number of piperidine rings is 1. The van der Waals surface area contributed by atoms with E-state index in [1.54, 1.807) is 25.1 Å². The number of likely N-dealkylation sites (tertiary alicyclic amines) is 1. The van der Waals surface area contributed by atoms with E-state index in [2.05, 4.69) is 10.1 Å². The summed E-state index contributed by atoms with van der Waals surface area (Å²) in [5.74, 6) is 2.41. The molecule has 8 heteroatoms. The summed E-state index contributed by atoms with van der Waals surface area (Å²) >= 11 is 6.24. The van der Waals surface area contributed by atoms with Crippen molar-refractivity contribution in [2.45, 2.75) is 25.7 Å². The van der Waals surface area contributed by atoms with E-state index in [0.29, 0.717) is 54.5 Å². The molecular weight excluding hydrogens is 370 g/mol. The van der Waals surface area contributed by atoms with Gasteiger partial charge in [-0.15, -0.1) is 0 Å². The van der Waals surface area contributed by atoms with Crippen LogP contribution in [0.1, 0.15) is 36.0 Å². The van der Waals surface area contributed by atoms with E-state index in [4.69, 9.17) is 25.6 Å². The lowest BCUT2D eigenvalue weighted by atomic mass is 9.98. The van der Waals surface area contributed by atoms with Crippen molar-refractivity contribution in [3.8, 4) is 11.5 Å². The molecule has 1 unspecified atom stereocenters. The van der Waals surface area contributed by atoms with E-state index in [1.165, 1.54) is 0 Å². The van der Waals surface area contributed by atoms with Crippen LogP contribution in [0.3, 0.4) is 0 Å². The highest BCUT2D eigenvalue weighted by Crippen LogP contribution is 2.38. The molecule has 0 saturated carbocycles. The van der Waals surface area contributed by atoms with Gasteiger partial charge in [0.25, 0.3) is 0 Å². The standard InChI is InChI=1S/C19H20ClN3O4/c1-12-21-19(27-22-12)14-3-2-6-23(11-14)17(24)5-4-13-9-15(20)18-16(10-13)25-7-8-26-18/h4-5,9-10,14H,2-3,6-8,11H2,1H3/b5-4+. The molecule has 4 rings (SSSR count). The van der Waals surface area contributed by atoms with Crippen LogP contribution in [-0.4, -0.2) is 47.3 Å². The van der Waals surface area contributed by atoms with Crippen molar-refractivity contribution in [2.75, 3.05) is 26.3 Å². The lowest BCUT2D eigenvalue weighted by Crippen LogP contribution is -2.38. The van der Waals surface area contributed by atoms with Gasteiger partial charge >= 0.3 is 0 Å². The Hall–Kier alpha value is -2.54. The van der Waals surface area contributed by atoms with Gasteiger partial charge in [0, 0.05) is 19.2 Å². The van der Waals surface area contributed by atoms with Gasteiger partial charge in [0.15, 0.2) is 17.3 Å². The quantitative estimate of drug-likeness (QED) is 0.750. The van der Waals surface area contributed by atoms with Gasteiger partial charge in [0.2, 0.25) is 11.8 Å². The zero-order valence-electron chi connectivity index (χ0n) is 15.0. The van der Waals surface area contributed by atoms with Gasteiger partial charge in [-0.3, -0.25) is 4.79 Å². The van der Waals surface area contributed by atoms with E-state index in [-0.39, 0.29) is 11.8 Å². The third-order valence-corrected chi connectivity index (χ3v) is 4.94. The summed E-state index contributed by atoms with van der Waals surface area (Å²) in [6, 6.07) is 3.59. The molecule has 1 amide bonds. The highest BCUT2D eigenvalue weighted by molar-refractivity contribution is 6.32. The smallest absolute Gasteiger partial charge is 0.246 e. The molecule has 2 aromatic rings. The van der Waals surface area contributed by atoms with Crippen LogP contribution < -0.4 is 9.47 Å². The Kier molecular flexibility index (Phi) is 5.03. The second kappa shape index (κ2) is 7.60. The van der Waals surface area contributed by atoms with Crippen LogP contribution >= 0.6 is 11.6 Å². The molecule has 0 aliphatic carbocycles. The van der Waals surface area contributed by atoms with E-state index < -0.39 is 0 Å². The lowest BCUT2D eigenvalue weighted by molar-refractivity contribution is -0.127. The van der Waals surface area contributed by atoms with Crippen molar-refractivity contribution in [2.24, 2.45) is 0 Å². The van der Waals surface area contributed by atoms with E-state index >= 15 is 0 Å². The van der Waals surface area contributed by atoms with E-state index in [1.807, 2.05) is 11.0 Å². The first kappa shape index (κ1) is 17.9. The molecule has 0 spiro atoms. The van der Waals surface area contributed by atoms with Crippen molar-refractivity contribution in [1.82, 2.24) is 15.0 Å². The Morgan fingerprint density at radius 2 is 2.19 bits per heavy atom. The normalized spacial score (nSPS) is 19.5. The number of carbonyl (C=O) groups is 1. The third kappa shape index (κ3) is 3.93. The first-order valence-electron chi connectivity index (χ1n) is 8.96. The van der Waals surface area contributed by atoms with Gasteiger partial charge < -0.3 is 18.9 Å². The van der Waals surface area contributed by atoms with Crippen LogP contribution in [0.4, 0.5) is 0 Å². The number of benzene rings is 1. The van der Waals surface area contributed by atoms with Crippen LogP contribution in [0.5, 0.6) is 11.5 Å². The fourth-order valence-corrected chi connectivity index (χ4v) is 3.63. The van der Waals surface area contributed by atoms with Gasteiger partial charge in [-0.25, -0.2) is 0 Å². The Morgan fingerprint density at radius 1 is 1.33 bits per heavy atom. The molecule has 1 aromatic heterocycles. The molecule has 7 nitrogen and oxygen atoms in total. The van der Waals surface area contributed by atoms with E-state index in [9.17, 15) is 4.79 Å². The number of fused-ring (bicyclic) bond motifs is 1. The monoisotopic (exact) mass is 389 g/mol. The lowest BCUT2D eigenvalue weighted by Gasteiger charge is -2.30. The summed E-state index contributed by atoms with van der Waals surface area (Å²) < 4.78 is 16.4. The highest BCUT2D eigenvalue weighted by Gasteiger charge is 2.27. The molecule has 0 radical (unpaired) electrons. The Labute approximate surface area is 161 Å². The van der Waals surface area contributed by atoms with Crippen molar-refractivity contribution in [1.29, 1.82) is 0 Å². The predicted molar refractivity (Wildman–Crippen MR) is 99.1 cm³/mol. The third-order valence-electron chi connectivity index (χ3n) is 4.66. The number of nitrogens with zero attached hydrogens (tertiary/aromatic N) is 3. The van der Waals surface area contributed by atoms with Crippen LogP contribution in [0, 0.1) is 6.92 Å². The summed E-state index contributed by atoms with van der Waals surface area (Å²) in [5.41, 5.74) is 0.790. The molecule has 142 valence electrons. The van der Waals surface area contributed by atoms with Crippen LogP contribution in [0.2, 0.25) is 5.02 Å². The topological polar surface area (TPSA) is 77.7 Å². The number of rotatable bonds is 3. The molecule has 1 fully saturated rings. The van der Waals surface area contributed by atoms with Crippen molar-refractivity contribution in [3.63, 3.8) is 0 Å². The summed E-state index contributed by atoms with van der Waals surface area (Å²) in [7, 11) is 0. The van der Waals surface area contributed by atoms with Crippen LogP contribution in [0.15, 0.2) is 22.7 Å². The molecule has 3 heterocycles. The number of carbonyl (C=O) groups excluding carboxylic acids is 1. The Morgan fingerprint density at radius 3 is 3.00 bits per heavy atom. The number of aryl methyl sites for hydroxylation is 1. The maximum absolute atomic E-state index is 12.6. The van der Waals surface area contributed by atoms with Crippen LogP contribution in [0.25, 0.3) is 6.08 Å². The van der Waals surface area contributed by atoms with Gasteiger partial charge in [-0.1, -0.05) is 16.8 Å². The number of halogens is 1. The molecule has 0 N–H and O–H groups in total. The summed E-state index contributed by atoms with van der Waals surface area (Å²) in [6.45, 7) is 4.05. The first-order valence-corrected chi connectivity index (χ1v) is 9.34. The Bertz CT molecular complexity index is 880. The number of amides is 1. The van der Waals surface area contributed by atoms with Gasteiger partial charge in [-0.2, -0.15) is 4.98 Å². The summed E-state index contributed by atoms with van der Waals surface area (Å²) in [6.07, 6.45) is 5.14. The summed E-state index contributed by atoms with van der Waals surface area (Å²) in [5, 5.41) is 4.32. The van der Waals surface area contributed by atoms with Crippen molar-refractivity contribution < 1.29 is 18.8 Å². The number of ether oxygens (including phenoxy) is 2. The average molecular weight is 390 g/mol. The fraction of sp³-hybridized carbons (Fsp3) is 0.421. The molecule has 1 saturated heterocycles. The molecule has 1 aromatic carbocycles. The van der Waals surface area contributed by atoms with Crippen LogP contribution in [-0.2, 0) is 4.79 Å². The molecule has 2 aliphatic rings. The van der Waals surface area contributed by atoms with E-state index in [0.717, 1.165) is 18.4 Å². The summed E-state index contributed by atoms with van der Waals surface area (Å²) in [4.78, 5) is 18.7. The minimum atomic E-state index is -0.0538. The minimum Gasteiger partial charge on any atom is -0.486 e. The zero-order chi connectivity index (χ0) is 18.8. The Balaban J connectivity index is 1.44. The molecule has 0 bridgehead atoms. The molecular formula is C19H20ClN3O4. The van der Waals surface area contributed by atoms with Crippen molar-refractivity contribution >= 4 is 23.6 Å². The van der Waals surface area contributed by atoms with Gasteiger partial charge in [0.1, 0.15) is 13.2 Å². The average Bonchev–Trinajstić information content (AvgIpc) is 3.13. The number of aromatic nitrogens is 2. The predicted octanol–water partition coefficient (Wildman–Crippen LogP) is 3.22. The maximum Gasteiger partial charge on any atom is 0.246 e. The zero-order valence-corrected chi connectivity index (χ0v) is 15.7. The minimum absolute atomic E-state index is 0.0538. The highest BCUT2D eigenvalue weighted by atomic mass is 35.5. The SMILES string of the molecule is Cc1noc(C2CCCN(C(=O)/C=C/c3cc(Cl)c4c(c3)OCCO4)C2)n1. The largest absolute Gasteiger partial charge is 0.486 e. The maximum atomic E-state index is 12.6. The number of hydrogen-bond acceptors (Lipinski definition) is 6. The molecule has 1 atom stereocenters. The van der Waals surface area contributed by atoms with Crippen molar-refractivity contribution in [3.05, 3.63) is 40.5 Å². The number of hydrogen-bond donors (Lipinski definition) is 0. The van der Waals surface area contributed by atoms with Gasteiger partial charge in [-0.05, 0) is 43.5 Å². The molecule has 2 aliphatic heterocycles. The second-order valence-corrected chi connectivity index (χ2v) is 7.07. The molecule has 27 heavy (non-hydrogen) atoms.